The van der Waals surface area contributed by atoms with Gasteiger partial charge in [-0.1, -0.05) is 36.4 Å². The van der Waals surface area contributed by atoms with Gasteiger partial charge in [0.25, 0.3) is 0 Å². The molecule has 5 nitrogen and oxygen atoms in total. The largest absolute Gasteiger partial charge is 0.490 e. The van der Waals surface area contributed by atoms with E-state index in [2.05, 4.69) is 16.7 Å². The number of nitrogens with one attached hydrogen (secondary N) is 2. The monoisotopic (exact) mass is 416 g/mol. The lowest BCUT2D eigenvalue weighted by Crippen LogP contribution is -2.28. The summed E-state index contributed by atoms with van der Waals surface area (Å²) in [5.41, 5.74) is 2.28. The van der Waals surface area contributed by atoms with Gasteiger partial charge in [0, 0.05) is 26.2 Å². The molecule has 7 heteroatoms. The zero-order chi connectivity index (χ0) is 17.7. The number of ether oxygens (including phenoxy) is 2. The molecule has 0 bridgehead atoms. The van der Waals surface area contributed by atoms with E-state index >= 15 is 0 Å². The van der Waals surface area contributed by atoms with Crippen LogP contribution < -0.4 is 20.1 Å². The molecule has 0 spiro atoms. The first kappa shape index (κ1) is 25.5. The van der Waals surface area contributed by atoms with Crippen LogP contribution in [0.4, 0.5) is 0 Å². The fourth-order valence-corrected chi connectivity index (χ4v) is 2.40. The average Bonchev–Trinajstić information content (AvgIpc) is 2.65. The van der Waals surface area contributed by atoms with Crippen molar-refractivity contribution in [2.45, 2.75) is 20.1 Å². The zero-order valence-corrected chi connectivity index (χ0v) is 17.3. The number of rotatable bonds is 12. The topological polar surface area (TPSA) is 62.8 Å². The van der Waals surface area contributed by atoms with Crippen LogP contribution in [0.3, 0.4) is 0 Å². The maximum atomic E-state index is 8.72. The molecule has 3 N–H and O–H groups in total. The van der Waals surface area contributed by atoms with Crippen LogP contribution in [0.2, 0.25) is 0 Å². The van der Waals surface area contributed by atoms with Gasteiger partial charge in [0.05, 0.1) is 13.2 Å². The van der Waals surface area contributed by atoms with E-state index in [0.29, 0.717) is 19.8 Å². The summed E-state index contributed by atoms with van der Waals surface area (Å²) in [4.78, 5) is 0. The Morgan fingerprint density at radius 3 is 2.26 bits per heavy atom. The van der Waals surface area contributed by atoms with Gasteiger partial charge in [-0.3, -0.25) is 0 Å². The molecule has 0 aromatic heterocycles. The third-order valence-electron chi connectivity index (χ3n) is 3.64. The van der Waals surface area contributed by atoms with E-state index in [0.717, 1.165) is 42.3 Å². The van der Waals surface area contributed by atoms with Crippen molar-refractivity contribution in [3.05, 3.63) is 59.7 Å². The number of halogens is 2. The lowest BCUT2D eigenvalue weighted by atomic mass is 10.2. The number of hydrogen-bond acceptors (Lipinski definition) is 5. The van der Waals surface area contributed by atoms with E-state index in [1.807, 2.05) is 49.4 Å². The fraction of sp³-hybridized carbons (Fsp3) is 0.400. The van der Waals surface area contributed by atoms with Gasteiger partial charge >= 0.3 is 0 Å². The van der Waals surface area contributed by atoms with Gasteiger partial charge in [0.15, 0.2) is 11.5 Å². The minimum Gasteiger partial charge on any atom is -0.490 e. The molecule has 0 atom stereocenters. The highest BCUT2D eigenvalue weighted by atomic mass is 35.5. The quantitative estimate of drug-likeness (QED) is 0.463. The second kappa shape index (κ2) is 15.5. The molecule has 0 aliphatic heterocycles. The second-order valence-electron chi connectivity index (χ2n) is 5.64. The fourth-order valence-electron chi connectivity index (χ4n) is 2.40. The summed E-state index contributed by atoms with van der Waals surface area (Å²) in [5.74, 6) is 1.54. The predicted molar refractivity (Wildman–Crippen MR) is 115 cm³/mol. The molecule has 0 heterocycles. The van der Waals surface area contributed by atoms with E-state index in [1.165, 1.54) is 0 Å². The lowest BCUT2D eigenvalue weighted by molar-refractivity contribution is 0.269. The standard InChI is InChI=1S/C20H28N2O3.2ClH/c1-2-24-20-14-18(15-22-11-10-21-12-13-23)8-9-19(20)25-16-17-6-4-3-5-7-17;;/h3-9,14,21-23H,2,10-13,15-16H2,1H3;2*1H. The Bertz CT molecular complexity index is 615. The van der Waals surface area contributed by atoms with Crippen molar-refractivity contribution in [2.24, 2.45) is 0 Å². The number of aliphatic hydroxyl groups is 1. The SMILES string of the molecule is CCOc1cc(CNCCNCCO)ccc1OCc1ccccc1.Cl.Cl. The van der Waals surface area contributed by atoms with Crippen LogP contribution in [-0.4, -0.2) is 38.0 Å². The molecule has 152 valence electrons. The third-order valence-corrected chi connectivity index (χ3v) is 3.64. The Kier molecular flexibility index (Phi) is 14.7. The summed E-state index contributed by atoms with van der Waals surface area (Å²) in [7, 11) is 0. The van der Waals surface area contributed by atoms with Gasteiger partial charge in [-0.25, -0.2) is 0 Å². The van der Waals surface area contributed by atoms with E-state index in [1.54, 1.807) is 0 Å². The average molecular weight is 417 g/mol. The van der Waals surface area contributed by atoms with E-state index in [4.69, 9.17) is 14.6 Å². The molecule has 2 rings (SSSR count). The van der Waals surface area contributed by atoms with Crippen molar-refractivity contribution in [1.82, 2.24) is 10.6 Å². The molecule has 0 unspecified atom stereocenters. The van der Waals surface area contributed by atoms with Crippen LogP contribution in [0.1, 0.15) is 18.1 Å². The van der Waals surface area contributed by atoms with Crippen LogP contribution in [-0.2, 0) is 13.2 Å². The first-order chi connectivity index (χ1) is 12.3. The van der Waals surface area contributed by atoms with Crippen LogP contribution in [0.5, 0.6) is 11.5 Å². The van der Waals surface area contributed by atoms with E-state index in [-0.39, 0.29) is 31.4 Å². The molecule has 2 aromatic carbocycles. The number of benzene rings is 2. The Morgan fingerprint density at radius 1 is 0.815 bits per heavy atom. The maximum Gasteiger partial charge on any atom is 0.161 e. The maximum absolute atomic E-state index is 8.72. The summed E-state index contributed by atoms with van der Waals surface area (Å²) in [6.45, 7) is 6.33. The summed E-state index contributed by atoms with van der Waals surface area (Å²) in [6, 6.07) is 16.1. The number of hydrogen-bond donors (Lipinski definition) is 3. The summed E-state index contributed by atoms with van der Waals surface area (Å²) in [5, 5.41) is 15.2. The molecule has 0 fully saturated rings. The smallest absolute Gasteiger partial charge is 0.161 e. The highest BCUT2D eigenvalue weighted by Gasteiger charge is 2.07. The molecule has 0 radical (unpaired) electrons. The van der Waals surface area contributed by atoms with Gasteiger partial charge in [-0.2, -0.15) is 0 Å². The molecule has 0 saturated heterocycles. The minimum atomic E-state index is 0. The Hall–Kier alpha value is -1.50. The van der Waals surface area contributed by atoms with Crippen LogP contribution in [0, 0.1) is 0 Å². The van der Waals surface area contributed by atoms with Gasteiger partial charge in [-0.05, 0) is 30.2 Å². The predicted octanol–water partition coefficient (Wildman–Crippen LogP) is 3.18. The van der Waals surface area contributed by atoms with Crippen LogP contribution in [0.15, 0.2) is 48.5 Å². The van der Waals surface area contributed by atoms with Crippen molar-refractivity contribution < 1.29 is 14.6 Å². The minimum absolute atomic E-state index is 0. The highest BCUT2D eigenvalue weighted by Crippen LogP contribution is 2.29. The third kappa shape index (κ3) is 9.84. The van der Waals surface area contributed by atoms with Crippen molar-refractivity contribution in [3.63, 3.8) is 0 Å². The van der Waals surface area contributed by atoms with Crippen molar-refractivity contribution >= 4 is 24.8 Å². The van der Waals surface area contributed by atoms with E-state index < -0.39 is 0 Å². The van der Waals surface area contributed by atoms with Gasteiger partial charge in [0.2, 0.25) is 0 Å². The second-order valence-corrected chi connectivity index (χ2v) is 5.64. The van der Waals surface area contributed by atoms with E-state index in [9.17, 15) is 0 Å². The molecule has 0 saturated carbocycles. The zero-order valence-electron chi connectivity index (χ0n) is 15.6. The van der Waals surface area contributed by atoms with Crippen LogP contribution in [0.25, 0.3) is 0 Å². The number of aliphatic hydroxyl groups excluding tert-OH is 1. The van der Waals surface area contributed by atoms with Crippen LogP contribution >= 0.6 is 24.8 Å². The molecular formula is C20H30Cl2N2O3. The van der Waals surface area contributed by atoms with Gasteiger partial charge < -0.3 is 25.2 Å². The highest BCUT2D eigenvalue weighted by molar-refractivity contribution is 5.85. The van der Waals surface area contributed by atoms with Crippen molar-refractivity contribution in [1.29, 1.82) is 0 Å². The van der Waals surface area contributed by atoms with Crippen molar-refractivity contribution in [3.8, 4) is 11.5 Å². The Morgan fingerprint density at radius 2 is 1.56 bits per heavy atom. The molecule has 0 aliphatic carbocycles. The van der Waals surface area contributed by atoms with Crippen molar-refractivity contribution in [2.75, 3.05) is 32.8 Å². The first-order valence-electron chi connectivity index (χ1n) is 8.78. The van der Waals surface area contributed by atoms with Gasteiger partial charge in [-0.15, -0.1) is 24.8 Å². The molecule has 27 heavy (non-hydrogen) atoms. The molecule has 0 aliphatic rings. The molecule has 0 amide bonds. The summed E-state index contributed by atoms with van der Waals surface area (Å²) >= 11 is 0. The Balaban J connectivity index is 0.00000338. The van der Waals surface area contributed by atoms with Gasteiger partial charge in [0.1, 0.15) is 6.61 Å². The molecule has 2 aromatic rings. The lowest BCUT2D eigenvalue weighted by Gasteiger charge is -2.14. The Labute approximate surface area is 174 Å². The summed E-state index contributed by atoms with van der Waals surface area (Å²) in [6.07, 6.45) is 0. The summed E-state index contributed by atoms with van der Waals surface area (Å²) < 4.78 is 11.7. The first-order valence-corrected chi connectivity index (χ1v) is 8.78. The molecular weight excluding hydrogens is 387 g/mol. The normalized spacial score (nSPS) is 9.85.